The second-order valence-corrected chi connectivity index (χ2v) is 5.48. The topological polar surface area (TPSA) is 20.2 Å². The molecule has 3 rings (SSSR count). The van der Waals surface area contributed by atoms with Crippen LogP contribution in [0, 0.1) is 19.7 Å². The number of rotatable bonds is 2. The molecule has 106 valence electrons. The number of benzene rings is 3. The van der Waals surface area contributed by atoms with E-state index in [1.165, 1.54) is 0 Å². The first-order valence-electron chi connectivity index (χ1n) is 6.99. The predicted octanol–water partition coefficient (Wildman–Crippen LogP) is 4.68. The summed E-state index contributed by atoms with van der Waals surface area (Å²) in [6.07, 6.45) is -0.743. The molecule has 1 nitrogen and oxygen atoms in total. The largest absolute Gasteiger partial charge is 0.384 e. The van der Waals surface area contributed by atoms with Gasteiger partial charge in [-0.3, -0.25) is 0 Å². The lowest BCUT2D eigenvalue weighted by molar-refractivity contribution is 0.220. The zero-order valence-corrected chi connectivity index (χ0v) is 12.1. The van der Waals surface area contributed by atoms with Crippen LogP contribution in [0.15, 0.2) is 54.6 Å². The zero-order valence-electron chi connectivity index (χ0n) is 12.1. The van der Waals surface area contributed by atoms with Crippen LogP contribution in [0.3, 0.4) is 0 Å². The highest BCUT2D eigenvalue weighted by molar-refractivity contribution is 5.83. The number of aryl methyl sites for hydroxylation is 2. The monoisotopic (exact) mass is 280 g/mol. The predicted molar refractivity (Wildman–Crippen MR) is 83.9 cm³/mol. The fraction of sp³-hybridized carbons (Fsp3) is 0.158. The lowest BCUT2D eigenvalue weighted by Crippen LogP contribution is -2.02. The fourth-order valence-electron chi connectivity index (χ4n) is 2.71. The average molecular weight is 280 g/mol. The number of aliphatic hydroxyl groups excluding tert-OH is 1. The summed E-state index contributed by atoms with van der Waals surface area (Å²) in [5, 5.41) is 12.8. The standard InChI is InChI=1S/C19H17FO/c1-12-9-17(10-13(2)18(12)20)19(21)16-8-7-14-5-3-4-6-15(14)11-16/h3-11,19,21H,1-2H3. The van der Waals surface area contributed by atoms with Crippen molar-refractivity contribution < 1.29 is 9.50 Å². The number of fused-ring (bicyclic) bond motifs is 1. The lowest BCUT2D eigenvalue weighted by Gasteiger charge is -2.14. The van der Waals surface area contributed by atoms with Gasteiger partial charge in [-0.15, -0.1) is 0 Å². The Bertz CT molecular complexity index is 785. The van der Waals surface area contributed by atoms with Crippen molar-refractivity contribution in [2.75, 3.05) is 0 Å². The molecule has 0 bridgehead atoms. The quantitative estimate of drug-likeness (QED) is 0.722. The Morgan fingerprint density at radius 2 is 1.43 bits per heavy atom. The van der Waals surface area contributed by atoms with Crippen molar-refractivity contribution in [1.29, 1.82) is 0 Å². The Hall–Kier alpha value is -2.19. The maximum absolute atomic E-state index is 13.7. The average Bonchev–Trinajstić information content (AvgIpc) is 2.51. The summed E-state index contributed by atoms with van der Waals surface area (Å²) in [5.41, 5.74) is 2.66. The molecule has 1 N–H and O–H groups in total. The highest BCUT2D eigenvalue weighted by Crippen LogP contribution is 2.27. The first-order chi connectivity index (χ1) is 10.1. The van der Waals surface area contributed by atoms with Crippen LogP contribution < -0.4 is 0 Å². The van der Waals surface area contributed by atoms with E-state index in [2.05, 4.69) is 0 Å². The molecule has 3 aromatic carbocycles. The van der Waals surface area contributed by atoms with Crippen LogP contribution in [-0.2, 0) is 0 Å². The second-order valence-electron chi connectivity index (χ2n) is 5.48. The highest BCUT2D eigenvalue weighted by Gasteiger charge is 2.14. The molecule has 0 spiro atoms. The molecule has 3 aromatic rings. The molecule has 0 fully saturated rings. The van der Waals surface area contributed by atoms with E-state index in [9.17, 15) is 9.50 Å². The van der Waals surface area contributed by atoms with Gasteiger partial charge < -0.3 is 5.11 Å². The van der Waals surface area contributed by atoms with Gasteiger partial charge in [0.2, 0.25) is 0 Å². The van der Waals surface area contributed by atoms with Crippen molar-refractivity contribution in [1.82, 2.24) is 0 Å². The Labute approximate surface area is 123 Å². The first kappa shape index (κ1) is 13.8. The van der Waals surface area contributed by atoms with Crippen molar-refractivity contribution in [3.05, 3.63) is 82.7 Å². The van der Waals surface area contributed by atoms with Gasteiger partial charge in [0.15, 0.2) is 0 Å². The third-order valence-corrected chi connectivity index (χ3v) is 3.86. The fourth-order valence-corrected chi connectivity index (χ4v) is 2.71. The van der Waals surface area contributed by atoms with E-state index in [1.807, 2.05) is 42.5 Å². The minimum atomic E-state index is -0.743. The molecule has 2 heteroatoms. The summed E-state index contributed by atoms with van der Waals surface area (Å²) in [7, 11) is 0. The van der Waals surface area contributed by atoms with Gasteiger partial charge in [-0.25, -0.2) is 4.39 Å². The summed E-state index contributed by atoms with van der Waals surface area (Å²) in [6, 6.07) is 17.3. The molecule has 0 saturated heterocycles. The molecular weight excluding hydrogens is 263 g/mol. The van der Waals surface area contributed by atoms with Gasteiger partial charge in [-0.1, -0.05) is 48.5 Å². The summed E-state index contributed by atoms with van der Waals surface area (Å²) >= 11 is 0. The third-order valence-electron chi connectivity index (χ3n) is 3.86. The van der Waals surface area contributed by atoms with E-state index < -0.39 is 6.10 Å². The van der Waals surface area contributed by atoms with Crippen LogP contribution >= 0.6 is 0 Å². The molecule has 0 amide bonds. The van der Waals surface area contributed by atoms with Crippen LogP contribution in [0.25, 0.3) is 10.8 Å². The van der Waals surface area contributed by atoms with Gasteiger partial charge in [0.25, 0.3) is 0 Å². The number of aliphatic hydroxyl groups is 1. The SMILES string of the molecule is Cc1cc(C(O)c2ccc3ccccc3c2)cc(C)c1F. The Kier molecular flexibility index (Phi) is 3.48. The summed E-state index contributed by atoms with van der Waals surface area (Å²) < 4.78 is 13.7. The Morgan fingerprint density at radius 3 is 2.10 bits per heavy atom. The van der Waals surface area contributed by atoms with Gasteiger partial charge in [0.05, 0.1) is 0 Å². The van der Waals surface area contributed by atoms with Crippen molar-refractivity contribution in [3.8, 4) is 0 Å². The normalized spacial score (nSPS) is 12.6. The number of hydrogen-bond acceptors (Lipinski definition) is 1. The second kappa shape index (κ2) is 5.30. The number of halogens is 1. The molecule has 0 heterocycles. The molecule has 0 radical (unpaired) electrons. The zero-order chi connectivity index (χ0) is 15.0. The number of hydrogen-bond donors (Lipinski definition) is 1. The lowest BCUT2D eigenvalue weighted by atomic mass is 9.96. The molecule has 0 saturated carbocycles. The van der Waals surface area contributed by atoms with Crippen molar-refractivity contribution in [2.24, 2.45) is 0 Å². The molecule has 0 aliphatic rings. The molecular formula is C19H17FO. The first-order valence-corrected chi connectivity index (χ1v) is 6.99. The Morgan fingerprint density at radius 1 is 0.810 bits per heavy atom. The van der Waals surface area contributed by atoms with Crippen LogP contribution in [0.2, 0.25) is 0 Å². The molecule has 0 aliphatic heterocycles. The van der Waals surface area contributed by atoms with Crippen LogP contribution in [0.4, 0.5) is 4.39 Å². The van der Waals surface area contributed by atoms with Gasteiger partial charge in [-0.2, -0.15) is 0 Å². The van der Waals surface area contributed by atoms with Crippen molar-refractivity contribution in [2.45, 2.75) is 20.0 Å². The summed E-state index contributed by atoms with van der Waals surface area (Å²) in [5.74, 6) is -0.204. The molecule has 21 heavy (non-hydrogen) atoms. The maximum atomic E-state index is 13.7. The van der Waals surface area contributed by atoms with Crippen LogP contribution in [-0.4, -0.2) is 5.11 Å². The van der Waals surface area contributed by atoms with E-state index in [0.29, 0.717) is 11.1 Å². The van der Waals surface area contributed by atoms with Crippen LogP contribution in [0.5, 0.6) is 0 Å². The summed E-state index contributed by atoms with van der Waals surface area (Å²) in [6.45, 7) is 3.44. The van der Waals surface area contributed by atoms with E-state index >= 15 is 0 Å². The molecule has 1 atom stereocenters. The molecule has 1 unspecified atom stereocenters. The van der Waals surface area contributed by atoms with Crippen molar-refractivity contribution in [3.63, 3.8) is 0 Å². The van der Waals surface area contributed by atoms with E-state index in [-0.39, 0.29) is 5.82 Å². The molecule has 0 aliphatic carbocycles. The van der Waals surface area contributed by atoms with Gasteiger partial charge in [-0.05, 0) is 52.9 Å². The van der Waals surface area contributed by atoms with E-state index in [0.717, 1.165) is 21.9 Å². The minimum Gasteiger partial charge on any atom is -0.384 e. The highest BCUT2D eigenvalue weighted by atomic mass is 19.1. The maximum Gasteiger partial charge on any atom is 0.129 e. The van der Waals surface area contributed by atoms with Gasteiger partial charge in [0.1, 0.15) is 11.9 Å². The third kappa shape index (κ3) is 2.55. The van der Waals surface area contributed by atoms with E-state index in [1.54, 1.807) is 26.0 Å². The Balaban J connectivity index is 2.05. The summed E-state index contributed by atoms with van der Waals surface area (Å²) in [4.78, 5) is 0. The van der Waals surface area contributed by atoms with Gasteiger partial charge >= 0.3 is 0 Å². The smallest absolute Gasteiger partial charge is 0.129 e. The molecule has 0 aromatic heterocycles. The van der Waals surface area contributed by atoms with Crippen LogP contribution in [0.1, 0.15) is 28.4 Å². The minimum absolute atomic E-state index is 0.204. The van der Waals surface area contributed by atoms with Crippen molar-refractivity contribution >= 4 is 10.8 Å². The van der Waals surface area contributed by atoms with Gasteiger partial charge in [0, 0.05) is 0 Å². The van der Waals surface area contributed by atoms with E-state index in [4.69, 9.17) is 0 Å².